The van der Waals surface area contributed by atoms with Crippen LogP contribution in [-0.2, 0) is 16.1 Å². The Hall–Kier alpha value is -2.97. The zero-order chi connectivity index (χ0) is 23.9. The highest BCUT2D eigenvalue weighted by Crippen LogP contribution is 2.41. The molecule has 2 fully saturated rings. The predicted octanol–water partition coefficient (Wildman–Crippen LogP) is 4.88. The Morgan fingerprint density at radius 3 is 2.52 bits per heavy atom. The maximum absolute atomic E-state index is 13.5. The molecule has 0 unspecified atom stereocenters. The minimum Gasteiger partial charge on any atom is -0.272 e. The molecule has 0 spiro atoms. The molecule has 0 bridgehead atoms. The fourth-order valence-electron chi connectivity index (χ4n) is 4.56. The van der Waals surface area contributed by atoms with E-state index in [1.807, 2.05) is 6.92 Å². The van der Waals surface area contributed by atoms with Gasteiger partial charge in [0.2, 0.25) is 0 Å². The number of imide groups is 1. The molecular weight excluding hydrogens is 469 g/mol. The molecule has 172 valence electrons. The van der Waals surface area contributed by atoms with Crippen molar-refractivity contribution in [1.29, 1.82) is 0 Å². The van der Waals surface area contributed by atoms with Gasteiger partial charge in [0, 0.05) is 17.7 Å². The summed E-state index contributed by atoms with van der Waals surface area (Å²) in [6.45, 7) is 1.91. The van der Waals surface area contributed by atoms with Gasteiger partial charge in [0.25, 0.3) is 23.4 Å². The SMILES string of the molecule is C[C@@H]1CC[C@@H]2C(=O)N(N(Cc3ccc(Cl)c(Cl)c3)C(=O)c3cccc([N+](=O)[O-])c3)C(=O)[C@H]2C1. The van der Waals surface area contributed by atoms with Crippen molar-refractivity contribution in [2.75, 3.05) is 0 Å². The summed E-state index contributed by atoms with van der Waals surface area (Å²) < 4.78 is 0. The summed E-state index contributed by atoms with van der Waals surface area (Å²) in [5, 5.41) is 13.8. The number of carbonyl (C=O) groups is 3. The van der Waals surface area contributed by atoms with E-state index < -0.39 is 34.5 Å². The molecule has 0 aromatic heterocycles. The molecule has 4 rings (SSSR count). The van der Waals surface area contributed by atoms with Crippen molar-refractivity contribution >= 4 is 46.6 Å². The lowest BCUT2D eigenvalue weighted by molar-refractivity contribution is -0.384. The average Bonchev–Trinajstić information content (AvgIpc) is 3.03. The molecule has 0 N–H and O–H groups in total. The molecule has 1 saturated carbocycles. The Kier molecular flexibility index (Phi) is 6.41. The number of hydrogen-bond acceptors (Lipinski definition) is 5. The van der Waals surface area contributed by atoms with Crippen LogP contribution in [0.3, 0.4) is 0 Å². The Balaban J connectivity index is 1.74. The van der Waals surface area contributed by atoms with Gasteiger partial charge in [-0.2, -0.15) is 5.01 Å². The maximum atomic E-state index is 13.5. The molecule has 1 aliphatic heterocycles. The molecule has 33 heavy (non-hydrogen) atoms. The summed E-state index contributed by atoms with van der Waals surface area (Å²) in [6.07, 6.45) is 2.00. The first-order valence-electron chi connectivity index (χ1n) is 10.6. The van der Waals surface area contributed by atoms with E-state index in [2.05, 4.69) is 0 Å². The zero-order valence-electron chi connectivity index (χ0n) is 17.7. The second-order valence-electron chi connectivity index (χ2n) is 8.54. The van der Waals surface area contributed by atoms with Crippen LogP contribution in [0.5, 0.6) is 0 Å². The number of nitro groups is 1. The van der Waals surface area contributed by atoms with Crippen LogP contribution in [-0.4, -0.2) is 32.7 Å². The van der Waals surface area contributed by atoms with Gasteiger partial charge in [-0.05, 0) is 48.9 Å². The first-order valence-corrected chi connectivity index (χ1v) is 11.3. The van der Waals surface area contributed by atoms with E-state index in [4.69, 9.17) is 23.2 Å². The standard InChI is InChI=1S/C23H21Cl2N3O5/c1-13-5-7-17-18(9-13)23(31)27(22(17)30)26(12-14-6-8-19(24)20(25)10-14)21(29)15-3-2-4-16(11-15)28(32)33/h2-4,6,8,10-11,13,17-18H,5,7,9,12H2,1H3/t13-,17+,18+/m1/s1. The van der Waals surface area contributed by atoms with Crippen molar-refractivity contribution in [2.24, 2.45) is 17.8 Å². The molecule has 0 radical (unpaired) electrons. The van der Waals surface area contributed by atoms with Crippen LogP contribution in [0.15, 0.2) is 42.5 Å². The molecule has 1 aliphatic carbocycles. The summed E-state index contributed by atoms with van der Waals surface area (Å²) in [7, 11) is 0. The predicted molar refractivity (Wildman–Crippen MR) is 121 cm³/mol. The number of rotatable bonds is 5. The van der Waals surface area contributed by atoms with Gasteiger partial charge in [0.05, 0.1) is 33.3 Å². The second kappa shape index (κ2) is 9.11. The number of fused-ring (bicyclic) bond motifs is 1. The molecule has 2 aliphatic rings. The van der Waals surface area contributed by atoms with E-state index in [0.29, 0.717) is 29.3 Å². The van der Waals surface area contributed by atoms with Gasteiger partial charge in [0.15, 0.2) is 0 Å². The number of amides is 3. The lowest BCUT2D eigenvalue weighted by atomic mass is 9.76. The topological polar surface area (TPSA) is 101 Å². The van der Waals surface area contributed by atoms with Crippen LogP contribution in [0.25, 0.3) is 0 Å². The Morgan fingerprint density at radius 1 is 1.09 bits per heavy atom. The average molecular weight is 490 g/mol. The highest BCUT2D eigenvalue weighted by Gasteiger charge is 2.52. The molecule has 3 amide bonds. The van der Waals surface area contributed by atoms with E-state index >= 15 is 0 Å². The number of nitro benzene ring substituents is 1. The van der Waals surface area contributed by atoms with Gasteiger partial charge in [-0.3, -0.25) is 24.5 Å². The minimum atomic E-state index is -0.696. The maximum Gasteiger partial charge on any atom is 0.273 e. The summed E-state index contributed by atoms with van der Waals surface area (Å²) in [4.78, 5) is 50.7. The van der Waals surface area contributed by atoms with Crippen LogP contribution in [0.2, 0.25) is 10.0 Å². The van der Waals surface area contributed by atoms with Crippen molar-refractivity contribution in [3.05, 3.63) is 73.8 Å². The summed E-state index contributed by atoms with van der Waals surface area (Å²) in [5.41, 5.74) is 0.275. The molecule has 10 heteroatoms. The number of hydrazine groups is 1. The van der Waals surface area contributed by atoms with Crippen molar-refractivity contribution in [1.82, 2.24) is 10.0 Å². The monoisotopic (exact) mass is 489 g/mol. The summed E-state index contributed by atoms with van der Waals surface area (Å²) >= 11 is 12.1. The van der Waals surface area contributed by atoms with Gasteiger partial charge < -0.3 is 0 Å². The quantitative estimate of drug-likeness (QED) is 0.338. The van der Waals surface area contributed by atoms with Crippen LogP contribution in [0, 0.1) is 27.9 Å². The molecule has 1 saturated heterocycles. The first-order chi connectivity index (χ1) is 15.7. The molecule has 8 nitrogen and oxygen atoms in total. The number of benzene rings is 2. The van der Waals surface area contributed by atoms with Crippen LogP contribution in [0.1, 0.15) is 42.1 Å². The Bertz CT molecular complexity index is 1150. The molecule has 1 heterocycles. The van der Waals surface area contributed by atoms with Crippen LogP contribution >= 0.6 is 23.2 Å². The number of carbonyl (C=O) groups excluding carboxylic acids is 3. The number of hydrogen-bond donors (Lipinski definition) is 0. The fourth-order valence-corrected chi connectivity index (χ4v) is 4.88. The molecule has 2 aromatic rings. The van der Waals surface area contributed by atoms with Crippen LogP contribution in [0.4, 0.5) is 5.69 Å². The Morgan fingerprint density at radius 2 is 1.82 bits per heavy atom. The van der Waals surface area contributed by atoms with E-state index in [1.54, 1.807) is 18.2 Å². The number of halogens is 2. The third-order valence-electron chi connectivity index (χ3n) is 6.26. The molecule has 3 atom stereocenters. The minimum absolute atomic E-state index is 0.00639. The van der Waals surface area contributed by atoms with Gasteiger partial charge >= 0.3 is 0 Å². The third kappa shape index (κ3) is 4.45. The normalized spacial score (nSPS) is 22.3. The van der Waals surface area contributed by atoms with E-state index in [-0.39, 0.29) is 22.8 Å². The fraction of sp³-hybridized carbons (Fsp3) is 0.348. The number of non-ortho nitro benzene ring substituents is 1. The summed E-state index contributed by atoms with van der Waals surface area (Å²) in [5.74, 6) is -2.18. The largest absolute Gasteiger partial charge is 0.273 e. The third-order valence-corrected chi connectivity index (χ3v) is 7.00. The van der Waals surface area contributed by atoms with Crippen molar-refractivity contribution in [2.45, 2.75) is 32.7 Å². The first kappa shape index (κ1) is 23.2. The number of nitrogens with zero attached hydrogens (tertiary/aromatic N) is 3. The van der Waals surface area contributed by atoms with E-state index in [9.17, 15) is 24.5 Å². The van der Waals surface area contributed by atoms with Gasteiger partial charge in [0.1, 0.15) is 0 Å². The molecule has 2 aromatic carbocycles. The van der Waals surface area contributed by atoms with Gasteiger partial charge in [-0.1, -0.05) is 42.3 Å². The second-order valence-corrected chi connectivity index (χ2v) is 9.35. The van der Waals surface area contributed by atoms with Gasteiger partial charge in [-0.25, -0.2) is 5.01 Å². The lowest BCUT2D eigenvalue weighted by Crippen LogP contribution is -2.49. The van der Waals surface area contributed by atoms with Crippen LogP contribution < -0.4 is 0 Å². The highest BCUT2D eigenvalue weighted by molar-refractivity contribution is 6.42. The summed E-state index contributed by atoms with van der Waals surface area (Å²) in [6, 6.07) is 9.95. The van der Waals surface area contributed by atoms with E-state index in [0.717, 1.165) is 22.5 Å². The Labute approximate surface area is 200 Å². The van der Waals surface area contributed by atoms with Crippen molar-refractivity contribution < 1.29 is 19.3 Å². The lowest BCUT2D eigenvalue weighted by Gasteiger charge is -2.30. The molecular formula is C23H21Cl2N3O5. The zero-order valence-corrected chi connectivity index (χ0v) is 19.3. The van der Waals surface area contributed by atoms with E-state index in [1.165, 1.54) is 18.2 Å². The van der Waals surface area contributed by atoms with Crippen molar-refractivity contribution in [3.63, 3.8) is 0 Å². The smallest absolute Gasteiger partial charge is 0.272 e. The van der Waals surface area contributed by atoms with Crippen molar-refractivity contribution in [3.8, 4) is 0 Å². The van der Waals surface area contributed by atoms with Gasteiger partial charge in [-0.15, -0.1) is 0 Å². The highest BCUT2D eigenvalue weighted by atomic mass is 35.5.